The Kier molecular flexibility index (Phi) is 5.04. The van der Waals surface area contributed by atoms with Crippen LogP contribution in [0.3, 0.4) is 0 Å². The third kappa shape index (κ3) is 3.53. The van der Waals surface area contributed by atoms with E-state index in [1.54, 1.807) is 11.3 Å². The number of hydrogen-bond acceptors (Lipinski definition) is 4. The highest BCUT2D eigenvalue weighted by Gasteiger charge is 2.24. The first-order valence-electron chi connectivity index (χ1n) is 8.45. The van der Waals surface area contributed by atoms with Gasteiger partial charge in [0.1, 0.15) is 0 Å². The molecule has 0 atom stereocenters. The number of benzene rings is 1. The summed E-state index contributed by atoms with van der Waals surface area (Å²) in [5, 5.41) is 9.57. The maximum Gasteiger partial charge on any atom is 0.321 e. The van der Waals surface area contributed by atoms with E-state index in [0.29, 0.717) is 19.0 Å². The molecule has 0 unspecified atom stereocenters. The molecular formula is C18H24N4OS. The molecule has 0 aliphatic carbocycles. The first-order chi connectivity index (χ1) is 11.6. The SMILES string of the molecule is CCNC(=O)N1CCc2ccc(NCc3csc(C(C)C)n3)cc21. The molecule has 0 spiro atoms. The van der Waals surface area contributed by atoms with E-state index in [9.17, 15) is 4.79 Å². The first-order valence-corrected chi connectivity index (χ1v) is 9.33. The first kappa shape index (κ1) is 16.8. The number of thiazole rings is 1. The van der Waals surface area contributed by atoms with Gasteiger partial charge in [0, 0.05) is 30.1 Å². The molecule has 2 N–H and O–H groups in total. The molecule has 0 saturated carbocycles. The van der Waals surface area contributed by atoms with Crippen molar-refractivity contribution >= 4 is 28.7 Å². The summed E-state index contributed by atoms with van der Waals surface area (Å²) >= 11 is 1.71. The summed E-state index contributed by atoms with van der Waals surface area (Å²) in [4.78, 5) is 18.6. The van der Waals surface area contributed by atoms with E-state index in [-0.39, 0.29) is 6.03 Å². The van der Waals surface area contributed by atoms with Gasteiger partial charge in [0.25, 0.3) is 0 Å². The van der Waals surface area contributed by atoms with E-state index < -0.39 is 0 Å². The highest BCUT2D eigenvalue weighted by atomic mass is 32.1. The number of aromatic nitrogens is 1. The number of rotatable bonds is 5. The van der Waals surface area contributed by atoms with E-state index in [0.717, 1.165) is 30.0 Å². The van der Waals surface area contributed by atoms with E-state index in [1.807, 2.05) is 11.8 Å². The fourth-order valence-electron chi connectivity index (χ4n) is 2.81. The summed E-state index contributed by atoms with van der Waals surface area (Å²) in [6.07, 6.45) is 0.913. The summed E-state index contributed by atoms with van der Waals surface area (Å²) in [5.74, 6) is 0.467. The van der Waals surface area contributed by atoms with Gasteiger partial charge in [-0.05, 0) is 31.0 Å². The van der Waals surface area contributed by atoms with Crippen LogP contribution in [0, 0.1) is 0 Å². The van der Waals surface area contributed by atoms with E-state index >= 15 is 0 Å². The lowest BCUT2D eigenvalue weighted by Gasteiger charge is -2.18. The van der Waals surface area contributed by atoms with E-state index in [2.05, 4.69) is 53.0 Å². The Morgan fingerprint density at radius 1 is 1.42 bits per heavy atom. The van der Waals surface area contributed by atoms with Crippen LogP contribution in [-0.2, 0) is 13.0 Å². The number of carbonyl (C=O) groups excluding carboxylic acids is 1. The number of amides is 2. The van der Waals surface area contributed by atoms with Crippen LogP contribution in [0.2, 0.25) is 0 Å². The zero-order valence-electron chi connectivity index (χ0n) is 14.4. The summed E-state index contributed by atoms with van der Waals surface area (Å²) in [7, 11) is 0. The van der Waals surface area contributed by atoms with Crippen molar-refractivity contribution in [3.05, 3.63) is 39.8 Å². The van der Waals surface area contributed by atoms with Crippen LogP contribution < -0.4 is 15.5 Å². The van der Waals surface area contributed by atoms with E-state index in [4.69, 9.17) is 0 Å². The van der Waals surface area contributed by atoms with Crippen LogP contribution in [0.5, 0.6) is 0 Å². The predicted octanol–water partition coefficient (Wildman–Crippen LogP) is 3.97. The Morgan fingerprint density at radius 3 is 2.96 bits per heavy atom. The van der Waals surface area contributed by atoms with E-state index in [1.165, 1.54) is 10.6 Å². The summed E-state index contributed by atoms with van der Waals surface area (Å²) in [5.41, 5.74) is 4.31. The number of carbonyl (C=O) groups is 1. The Balaban J connectivity index is 1.69. The molecule has 1 aliphatic rings. The summed E-state index contributed by atoms with van der Waals surface area (Å²) in [6.45, 7) is 8.34. The molecule has 0 radical (unpaired) electrons. The molecule has 2 aromatic rings. The Hall–Kier alpha value is -2.08. The van der Waals surface area contributed by atoms with Gasteiger partial charge in [-0.3, -0.25) is 4.90 Å². The maximum absolute atomic E-state index is 12.2. The molecule has 0 fully saturated rings. The zero-order chi connectivity index (χ0) is 17.1. The van der Waals surface area contributed by atoms with Gasteiger partial charge in [-0.25, -0.2) is 9.78 Å². The lowest BCUT2D eigenvalue weighted by molar-refractivity contribution is 0.247. The van der Waals surface area contributed by atoms with Crippen molar-refractivity contribution in [1.82, 2.24) is 10.3 Å². The van der Waals surface area contributed by atoms with Crippen molar-refractivity contribution < 1.29 is 4.79 Å². The van der Waals surface area contributed by atoms with Gasteiger partial charge in [-0.1, -0.05) is 19.9 Å². The molecule has 2 amide bonds. The number of fused-ring (bicyclic) bond motifs is 1. The van der Waals surface area contributed by atoms with Crippen molar-refractivity contribution in [2.24, 2.45) is 0 Å². The van der Waals surface area contributed by atoms with Crippen LogP contribution in [0.4, 0.5) is 16.2 Å². The second kappa shape index (κ2) is 7.21. The minimum Gasteiger partial charge on any atom is -0.379 e. The molecule has 24 heavy (non-hydrogen) atoms. The second-order valence-electron chi connectivity index (χ2n) is 6.27. The zero-order valence-corrected chi connectivity index (χ0v) is 15.2. The predicted molar refractivity (Wildman–Crippen MR) is 100 cm³/mol. The number of hydrogen-bond donors (Lipinski definition) is 2. The molecule has 2 heterocycles. The van der Waals surface area contributed by atoms with Crippen LogP contribution in [0.15, 0.2) is 23.6 Å². The van der Waals surface area contributed by atoms with Gasteiger partial charge in [0.05, 0.1) is 22.9 Å². The Labute approximate surface area is 147 Å². The molecule has 1 aliphatic heterocycles. The van der Waals surface area contributed by atoms with Gasteiger partial charge < -0.3 is 10.6 Å². The third-order valence-corrected chi connectivity index (χ3v) is 5.29. The highest BCUT2D eigenvalue weighted by Crippen LogP contribution is 2.31. The molecule has 1 aromatic heterocycles. The van der Waals surface area contributed by atoms with Crippen LogP contribution >= 0.6 is 11.3 Å². The van der Waals surface area contributed by atoms with Crippen LogP contribution in [-0.4, -0.2) is 24.1 Å². The normalized spacial score (nSPS) is 13.2. The lowest BCUT2D eigenvalue weighted by Crippen LogP contribution is -2.38. The Bertz CT molecular complexity index is 726. The average molecular weight is 344 g/mol. The molecule has 3 rings (SSSR count). The van der Waals surface area contributed by atoms with Crippen LogP contribution in [0.1, 0.15) is 43.0 Å². The Morgan fingerprint density at radius 2 is 2.25 bits per heavy atom. The largest absolute Gasteiger partial charge is 0.379 e. The maximum atomic E-state index is 12.2. The third-order valence-electron chi connectivity index (χ3n) is 4.09. The number of urea groups is 1. The van der Waals surface area contributed by atoms with Gasteiger partial charge in [-0.2, -0.15) is 0 Å². The fraction of sp³-hybridized carbons (Fsp3) is 0.444. The molecule has 0 saturated heterocycles. The van der Waals surface area contributed by atoms with Crippen molar-refractivity contribution in [1.29, 1.82) is 0 Å². The minimum atomic E-state index is -0.0190. The molecule has 0 bridgehead atoms. The number of nitrogens with one attached hydrogen (secondary N) is 2. The number of nitrogens with zero attached hydrogens (tertiary/aromatic N) is 2. The van der Waals surface area contributed by atoms with Crippen molar-refractivity contribution in [3.8, 4) is 0 Å². The van der Waals surface area contributed by atoms with Crippen LogP contribution in [0.25, 0.3) is 0 Å². The van der Waals surface area contributed by atoms with Gasteiger partial charge in [-0.15, -0.1) is 11.3 Å². The molecule has 5 nitrogen and oxygen atoms in total. The molecule has 1 aromatic carbocycles. The topological polar surface area (TPSA) is 57.3 Å². The summed E-state index contributed by atoms with van der Waals surface area (Å²) in [6, 6.07) is 6.23. The van der Waals surface area contributed by atoms with Gasteiger partial charge >= 0.3 is 6.03 Å². The van der Waals surface area contributed by atoms with Gasteiger partial charge in [0.2, 0.25) is 0 Å². The average Bonchev–Trinajstić information content (AvgIpc) is 3.19. The summed E-state index contributed by atoms with van der Waals surface area (Å²) < 4.78 is 0. The minimum absolute atomic E-state index is 0.0190. The van der Waals surface area contributed by atoms with Crippen molar-refractivity contribution in [2.45, 2.75) is 39.7 Å². The molecule has 128 valence electrons. The van der Waals surface area contributed by atoms with Gasteiger partial charge in [0.15, 0.2) is 0 Å². The monoisotopic (exact) mass is 344 g/mol. The standard InChI is InChI=1S/C18H24N4OS/c1-4-19-18(23)22-8-7-13-5-6-14(9-16(13)22)20-10-15-11-24-17(21-15)12(2)3/h5-6,9,11-12,20H,4,7-8,10H2,1-3H3,(H,19,23). The smallest absolute Gasteiger partial charge is 0.321 e. The molecular weight excluding hydrogens is 320 g/mol. The second-order valence-corrected chi connectivity index (χ2v) is 7.16. The fourth-order valence-corrected chi connectivity index (χ4v) is 3.64. The quantitative estimate of drug-likeness (QED) is 0.863. The molecule has 6 heteroatoms. The lowest BCUT2D eigenvalue weighted by atomic mass is 10.1. The van der Waals surface area contributed by atoms with Crippen molar-refractivity contribution in [2.75, 3.05) is 23.3 Å². The van der Waals surface area contributed by atoms with Crippen molar-refractivity contribution in [3.63, 3.8) is 0 Å². The highest BCUT2D eigenvalue weighted by molar-refractivity contribution is 7.09. The number of anilines is 2.